The molecular formula is C12H13BrN4O3. The van der Waals surface area contributed by atoms with Crippen LogP contribution in [0.3, 0.4) is 0 Å². The second-order valence-corrected chi connectivity index (χ2v) is 5.07. The first-order valence-electron chi connectivity index (χ1n) is 5.99. The van der Waals surface area contributed by atoms with Gasteiger partial charge in [0.25, 0.3) is 5.91 Å². The van der Waals surface area contributed by atoms with Gasteiger partial charge in [0.2, 0.25) is 0 Å². The van der Waals surface area contributed by atoms with Crippen LogP contribution in [0.2, 0.25) is 0 Å². The molecular weight excluding hydrogens is 328 g/mol. The summed E-state index contributed by atoms with van der Waals surface area (Å²) in [5.74, 6) is -0.469. The van der Waals surface area contributed by atoms with E-state index in [1.165, 1.54) is 0 Å². The first kappa shape index (κ1) is 14.3. The number of benzene rings is 1. The molecule has 106 valence electrons. The predicted molar refractivity (Wildman–Crippen MR) is 75.8 cm³/mol. The second-order valence-electron chi connectivity index (χ2n) is 4.16. The Labute approximate surface area is 123 Å². The molecule has 1 heterocycles. The summed E-state index contributed by atoms with van der Waals surface area (Å²) in [6.45, 7) is 1.77. The summed E-state index contributed by atoms with van der Waals surface area (Å²) in [7, 11) is 0. The number of imide groups is 1. The summed E-state index contributed by atoms with van der Waals surface area (Å²) >= 11 is 3.28. The van der Waals surface area contributed by atoms with E-state index >= 15 is 0 Å². The Balaban J connectivity index is 1.96. The smallest absolute Gasteiger partial charge is 0.324 e. The highest BCUT2D eigenvalue weighted by Gasteiger charge is 2.38. The first-order chi connectivity index (χ1) is 9.51. The standard InChI is InChI=1S/C12H13BrN4O3/c1-2-9-10(18)17(12(20)15-9)16-11(19)14-8-5-3-7(13)4-6-8/h3-6,9H,2H2,1H3,(H,15,20)(H2,14,16,19). The van der Waals surface area contributed by atoms with Crippen LogP contribution in [-0.2, 0) is 4.79 Å². The first-order valence-corrected chi connectivity index (χ1v) is 6.78. The lowest BCUT2D eigenvalue weighted by atomic mass is 10.2. The van der Waals surface area contributed by atoms with Crippen LogP contribution in [0.1, 0.15) is 13.3 Å². The number of urea groups is 2. The molecule has 8 heteroatoms. The van der Waals surface area contributed by atoms with Crippen molar-refractivity contribution in [3.63, 3.8) is 0 Å². The van der Waals surface area contributed by atoms with Gasteiger partial charge in [-0.25, -0.2) is 15.0 Å². The van der Waals surface area contributed by atoms with E-state index in [0.717, 1.165) is 4.47 Å². The van der Waals surface area contributed by atoms with Crippen LogP contribution >= 0.6 is 15.9 Å². The quantitative estimate of drug-likeness (QED) is 0.733. The summed E-state index contributed by atoms with van der Waals surface area (Å²) < 4.78 is 0.878. The molecule has 1 unspecified atom stereocenters. The number of nitrogens with one attached hydrogen (secondary N) is 3. The normalized spacial score (nSPS) is 17.9. The maximum atomic E-state index is 11.8. The topological polar surface area (TPSA) is 90.5 Å². The monoisotopic (exact) mass is 340 g/mol. The molecule has 1 aromatic carbocycles. The van der Waals surface area contributed by atoms with Gasteiger partial charge < -0.3 is 10.6 Å². The molecule has 1 aromatic rings. The molecule has 2 rings (SSSR count). The number of carbonyl (C=O) groups excluding carboxylic acids is 3. The Hall–Kier alpha value is -2.09. The molecule has 0 saturated carbocycles. The number of amides is 5. The molecule has 0 spiro atoms. The molecule has 3 N–H and O–H groups in total. The number of hydrogen-bond acceptors (Lipinski definition) is 3. The molecule has 1 fully saturated rings. The molecule has 1 atom stereocenters. The van der Waals surface area contributed by atoms with Gasteiger partial charge in [0.1, 0.15) is 6.04 Å². The van der Waals surface area contributed by atoms with Crippen molar-refractivity contribution in [3.05, 3.63) is 28.7 Å². The number of nitrogens with zero attached hydrogens (tertiary/aromatic N) is 1. The van der Waals surface area contributed by atoms with Gasteiger partial charge in [0.05, 0.1) is 0 Å². The third-order valence-electron chi connectivity index (χ3n) is 2.74. The lowest BCUT2D eigenvalue weighted by Gasteiger charge is -2.14. The average Bonchev–Trinajstić information content (AvgIpc) is 2.69. The van der Waals surface area contributed by atoms with Crippen LogP contribution in [0.25, 0.3) is 0 Å². The Kier molecular flexibility index (Phi) is 4.23. The Morgan fingerprint density at radius 1 is 1.35 bits per heavy atom. The van der Waals surface area contributed by atoms with Crippen LogP contribution in [0.4, 0.5) is 15.3 Å². The van der Waals surface area contributed by atoms with E-state index in [9.17, 15) is 14.4 Å². The van der Waals surface area contributed by atoms with Gasteiger partial charge in [-0.2, -0.15) is 5.01 Å². The van der Waals surface area contributed by atoms with E-state index in [-0.39, 0.29) is 0 Å². The molecule has 0 aliphatic carbocycles. The fraction of sp³-hybridized carbons (Fsp3) is 0.250. The van der Waals surface area contributed by atoms with Crippen molar-refractivity contribution in [2.75, 3.05) is 5.32 Å². The number of hydrazine groups is 1. The summed E-state index contributed by atoms with van der Waals surface area (Å²) in [4.78, 5) is 35.0. The molecule has 1 saturated heterocycles. The van der Waals surface area contributed by atoms with E-state index in [2.05, 4.69) is 32.0 Å². The molecule has 0 bridgehead atoms. The van der Waals surface area contributed by atoms with Gasteiger partial charge in [0, 0.05) is 10.2 Å². The Morgan fingerprint density at radius 2 is 2.00 bits per heavy atom. The number of rotatable bonds is 3. The summed E-state index contributed by atoms with van der Waals surface area (Å²) in [6, 6.07) is 5.01. The Morgan fingerprint density at radius 3 is 2.55 bits per heavy atom. The molecule has 1 aliphatic heterocycles. The average molecular weight is 341 g/mol. The minimum absolute atomic E-state index is 0.469. The second kappa shape index (κ2) is 5.91. The summed E-state index contributed by atoms with van der Waals surface area (Å²) in [6.07, 6.45) is 0.469. The van der Waals surface area contributed by atoms with Crippen LogP contribution in [-0.4, -0.2) is 29.0 Å². The summed E-state index contributed by atoms with van der Waals surface area (Å²) in [5.41, 5.74) is 2.76. The summed E-state index contributed by atoms with van der Waals surface area (Å²) in [5, 5.41) is 5.68. The van der Waals surface area contributed by atoms with Crippen LogP contribution in [0.5, 0.6) is 0 Å². The third kappa shape index (κ3) is 3.08. The fourth-order valence-corrected chi connectivity index (χ4v) is 1.97. The number of hydrogen-bond donors (Lipinski definition) is 3. The highest BCUT2D eigenvalue weighted by atomic mass is 79.9. The van der Waals surface area contributed by atoms with Crippen LogP contribution < -0.4 is 16.1 Å². The third-order valence-corrected chi connectivity index (χ3v) is 3.27. The van der Waals surface area contributed by atoms with Gasteiger partial charge >= 0.3 is 12.1 Å². The van der Waals surface area contributed by atoms with Gasteiger partial charge in [-0.3, -0.25) is 4.79 Å². The van der Waals surface area contributed by atoms with Crippen LogP contribution in [0, 0.1) is 0 Å². The van der Waals surface area contributed by atoms with Crippen molar-refractivity contribution in [3.8, 4) is 0 Å². The molecule has 0 radical (unpaired) electrons. The van der Waals surface area contributed by atoms with Gasteiger partial charge in [0.15, 0.2) is 0 Å². The number of carbonyl (C=O) groups is 3. The number of halogens is 1. The lowest BCUT2D eigenvalue weighted by molar-refractivity contribution is -0.128. The zero-order valence-electron chi connectivity index (χ0n) is 10.6. The van der Waals surface area contributed by atoms with E-state index in [4.69, 9.17) is 0 Å². The molecule has 0 aromatic heterocycles. The van der Waals surface area contributed by atoms with Crippen molar-refractivity contribution < 1.29 is 14.4 Å². The largest absolute Gasteiger partial charge is 0.344 e. The van der Waals surface area contributed by atoms with Gasteiger partial charge in [-0.15, -0.1) is 0 Å². The van der Waals surface area contributed by atoms with Crippen molar-refractivity contribution in [2.45, 2.75) is 19.4 Å². The van der Waals surface area contributed by atoms with Gasteiger partial charge in [-0.05, 0) is 30.7 Å². The van der Waals surface area contributed by atoms with Crippen molar-refractivity contribution in [1.82, 2.24) is 15.8 Å². The van der Waals surface area contributed by atoms with E-state index in [1.54, 1.807) is 31.2 Å². The van der Waals surface area contributed by atoms with Crippen molar-refractivity contribution in [2.24, 2.45) is 0 Å². The SMILES string of the molecule is CCC1NC(=O)N(NC(=O)Nc2ccc(Br)cc2)C1=O. The van der Waals surface area contributed by atoms with Crippen molar-refractivity contribution >= 4 is 39.6 Å². The van der Waals surface area contributed by atoms with Crippen molar-refractivity contribution in [1.29, 1.82) is 0 Å². The maximum Gasteiger partial charge on any atom is 0.344 e. The zero-order chi connectivity index (χ0) is 14.7. The van der Waals surface area contributed by atoms with E-state index in [0.29, 0.717) is 17.1 Å². The molecule has 5 amide bonds. The van der Waals surface area contributed by atoms with E-state index < -0.39 is 24.0 Å². The lowest BCUT2D eigenvalue weighted by Crippen LogP contribution is -2.48. The predicted octanol–water partition coefficient (Wildman–Crippen LogP) is 1.82. The fourth-order valence-electron chi connectivity index (χ4n) is 1.71. The maximum absolute atomic E-state index is 11.8. The highest BCUT2D eigenvalue weighted by molar-refractivity contribution is 9.10. The minimum atomic E-state index is -0.660. The highest BCUT2D eigenvalue weighted by Crippen LogP contribution is 2.14. The Bertz CT molecular complexity index is 546. The van der Waals surface area contributed by atoms with Gasteiger partial charge in [-0.1, -0.05) is 22.9 Å². The van der Waals surface area contributed by atoms with E-state index in [1.807, 2.05) is 0 Å². The zero-order valence-corrected chi connectivity index (χ0v) is 12.2. The minimum Gasteiger partial charge on any atom is -0.324 e. The molecule has 20 heavy (non-hydrogen) atoms. The molecule has 1 aliphatic rings. The number of anilines is 1. The van der Waals surface area contributed by atoms with Crippen LogP contribution in [0.15, 0.2) is 28.7 Å². The molecule has 7 nitrogen and oxygen atoms in total.